The predicted molar refractivity (Wildman–Crippen MR) is 71.1 cm³/mol. The molecule has 0 bridgehead atoms. The molecule has 3 unspecified atom stereocenters. The molecule has 0 amide bonds. The molecule has 2 N–H and O–H groups in total. The summed E-state index contributed by atoms with van der Waals surface area (Å²) in [5.74, 6) is 1.34. The van der Waals surface area contributed by atoms with Crippen molar-refractivity contribution in [2.75, 3.05) is 7.11 Å². The lowest BCUT2D eigenvalue weighted by Gasteiger charge is -2.19. The number of hydrogen-bond acceptors (Lipinski definition) is 2. The summed E-state index contributed by atoms with van der Waals surface area (Å²) in [5.41, 5.74) is 6.89. The molecule has 1 aliphatic rings. The van der Waals surface area contributed by atoms with Crippen molar-refractivity contribution in [3.63, 3.8) is 0 Å². The van der Waals surface area contributed by atoms with Gasteiger partial charge in [0, 0.05) is 6.04 Å². The summed E-state index contributed by atoms with van der Waals surface area (Å²) in [6.45, 7) is 2.26. The molecule has 1 saturated carbocycles. The van der Waals surface area contributed by atoms with E-state index < -0.39 is 0 Å². The van der Waals surface area contributed by atoms with Crippen LogP contribution in [-0.2, 0) is 6.42 Å². The van der Waals surface area contributed by atoms with Crippen molar-refractivity contribution < 1.29 is 9.13 Å². The number of nitrogens with two attached hydrogens (primary N) is 1. The predicted octanol–water partition coefficient (Wildman–Crippen LogP) is 3.14. The van der Waals surface area contributed by atoms with Crippen molar-refractivity contribution in [1.29, 1.82) is 0 Å². The van der Waals surface area contributed by atoms with E-state index >= 15 is 0 Å². The Bertz CT molecular complexity index is 407. The molecule has 3 heteroatoms. The Hall–Kier alpha value is -1.09. The Labute approximate surface area is 108 Å². The molecule has 2 nitrogen and oxygen atoms in total. The van der Waals surface area contributed by atoms with Gasteiger partial charge in [0.15, 0.2) is 11.6 Å². The van der Waals surface area contributed by atoms with E-state index in [0.29, 0.717) is 23.7 Å². The molecular weight excluding hydrogens is 229 g/mol. The first-order valence-electron chi connectivity index (χ1n) is 6.68. The third-order valence-corrected chi connectivity index (χ3v) is 4.06. The largest absolute Gasteiger partial charge is 0.494 e. The van der Waals surface area contributed by atoms with Crippen molar-refractivity contribution in [3.05, 3.63) is 29.6 Å². The molecule has 0 spiro atoms. The fourth-order valence-corrected chi connectivity index (χ4v) is 2.93. The second-order valence-electron chi connectivity index (χ2n) is 5.48. The summed E-state index contributed by atoms with van der Waals surface area (Å²) in [6, 6.07) is 5.32. The summed E-state index contributed by atoms with van der Waals surface area (Å²) < 4.78 is 19.0. The summed E-state index contributed by atoms with van der Waals surface area (Å²) in [6.07, 6.45) is 4.19. The van der Waals surface area contributed by atoms with Gasteiger partial charge in [0.05, 0.1) is 7.11 Å². The van der Waals surface area contributed by atoms with Gasteiger partial charge < -0.3 is 10.5 Å². The average Bonchev–Trinajstić information content (AvgIpc) is 2.78. The normalized spacial score (nSPS) is 25.1. The van der Waals surface area contributed by atoms with Crippen molar-refractivity contribution >= 4 is 0 Å². The Balaban J connectivity index is 2.05. The second-order valence-corrected chi connectivity index (χ2v) is 5.48. The highest BCUT2D eigenvalue weighted by atomic mass is 19.1. The van der Waals surface area contributed by atoms with Gasteiger partial charge in [0.1, 0.15) is 0 Å². The zero-order valence-corrected chi connectivity index (χ0v) is 11.2. The van der Waals surface area contributed by atoms with Gasteiger partial charge in [-0.1, -0.05) is 25.5 Å². The van der Waals surface area contributed by atoms with E-state index in [1.807, 2.05) is 6.07 Å². The first-order valence-corrected chi connectivity index (χ1v) is 6.68. The van der Waals surface area contributed by atoms with Gasteiger partial charge in [-0.3, -0.25) is 0 Å². The molecule has 1 fully saturated rings. The van der Waals surface area contributed by atoms with Crippen LogP contribution < -0.4 is 10.5 Å². The van der Waals surface area contributed by atoms with Crippen LogP contribution in [0.15, 0.2) is 18.2 Å². The first-order chi connectivity index (χ1) is 8.61. The lowest BCUT2D eigenvalue weighted by Crippen LogP contribution is -2.31. The summed E-state index contributed by atoms with van der Waals surface area (Å²) in [7, 11) is 1.49. The molecule has 100 valence electrons. The SMILES string of the molecule is COc1cccc(CC(N)C2CCC(C)C2)c1F. The van der Waals surface area contributed by atoms with Crippen LogP contribution in [0.2, 0.25) is 0 Å². The van der Waals surface area contributed by atoms with Crippen molar-refractivity contribution in [2.24, 2.45) is 17.6 Å². The molecule has 0 aromatic heterocycles. The molecule has 1 aromatic carbocycles. The number of hydrogen-bond donors (Lipinski definition) is 1. The van der Waals surface area contributed by atoms with Crippen LogP contribution in [0.25, 0.3) is 0 Å². The maximum absolute atomic E-state index is 14.0. The quantitative estimate of drug-likeness (QED) is 0.892. The molecule has 1 aromatic rings. The first kappa shape index (κ1) is 13.3. The van der Waals surface area contributed by atoms with Crippen LogP contribution in [0.4, 0.5) is 4.39 Å². The number of ether oxygens (including phenoxy) is 1. The van der Waals surface area contributed by atoms with E-state index in [2.05, 4.69) is 6.92 Å². The Morgan fingerprint density at radius 1 is 1.44 bits per heavy atom. The highest BCUT2D eigenvalue weighted by Crippen LogP contribution is 2.33. The molecule has 0 radical (unpaired) electrons. The minimum atomic E-state index is -0.263. The number of methoxy groups -OCH3 is 1. The van der Waals surface area contributed by atoms with Crippen molar-refractivity contribution in [3.8, 4) is 5.75 Å². The molecule has 0 heterocycles. The van der Waals surface area contributed by atoms with Gasteiger partial charge >= 0.3 is 0 Å². The monoisotopic (exact) mass is 251 g/mol. The van der Waals surface area contributed by atoms with Gasteiger partial charge in [-0.2, -0.15) is 0 Å². The van der Waals surface area contributed by atoms with Crippen molar-refractivity contribution in [2.45, 2.75) is 38.6 Å². The van der Waals surface area contributed by atoms with Gasteiger partial charge in [-0.15, -0.1) is 0 Å². The van der Waals surface area contributed by atoms with E-state index in [4.69, 9.17) is 10.5 Å². The molecule has 18 heavy (non-hydrogen) atoms. The van der Waals surface area contributed by atoms with Crippen LogP contribution in [0.1, 0.15) is 31.7 Å². The summed E-state index contributed by atoms with van der Waals surface area (Å²) >= 11 is 0. The van der Waals surface area contributed by atoms with Gasteiger partial charge in [-0.25, -0.2) is 4.39 Å². The number of benzene rings is 1. The Morgan fingerprint density at radius 2 is 2.22 bits per heavy atom. The molecule has 0 aliphatic heterocycles. The molecular formula is C15H22FNO. The van der Waals surface area contributed by atoms with Gasteiger partial charge in [-0.05, 0) is 42.7 Å². The lowest BCUT2D eigenvalue weighted by atomic mass is 9.92. The fourth-order valence-electron chi connectivity index (χ4n) is 2.93. The summed E-state index contributed by atoms with van der Waals surface area (Å²) in [5, 5.41) is 0. The molecule has 1 aliphatic carbocycles. The highest BCUT2D eigenvalue weighted by Gasteiger charge is 2.27. The zero-order chi connectivity index (χ0) is 13.1. The van der Waals surface area contributed by atoms with E-state index in [-0.39, 0.29) is 11.9 Å². The lowest BCUT2D eigenvalue weighted by molar-refractivity contribution is 0.377. The highest BCUT2D eigenvalue weighted by molar-refractivity contribution is 5.31. The van der Waals surface area contributed by atoms with Gasteiger partial charge in [0.2, 0.25) is 0 Å². The number of halogens is 1. The van der Waals surface area contributed by atoms with E-state index in [1.54, 1.807) is 12.1 Å². The van der Waals surface area contributed by atoms with Crippen LogP contribution in [0.3, 0.4) is 0 Å². The fraction of sp³-hybridized carbons (Fsp3) is 0.600. The standard InChI is InChI=1S/C15H22FNO/c1-10-6-7-11(8-10)13(17)9-12-4-3-5-14(18-2)15(12)16/h3-5,10-11,13H,6-9,17H2,1-2H3. The van der Waals surface area contributed by atoms with Crippen LogP contribution >= 0.6 is 0 Å². The average molecular weight is 251 g/mol. The van der Waals surface area contributed by atoms with Crippen LogP contribution in [0.5, 0.6) is 5.75 Å². The smallest absolute Gasteiger partial charge is 0.168 e. The molecule has 3 atom stereocenters. The zero-order valence-electron chi connectivity index (χ0n) is 11.2. The maximum atomic E-state index is 14.0. The minimum absolute atomic E-state index is 0.0524. The third kappa shape index (κ3) is 2.83. The van der Waals surface area contributed by atoms with Crippen LogP contribution in [0, 0.1) is 17.7 Å². The molecule has 2 rings (SSSR count). The Morgan fingerprint density at radius 3 is 2.83 bits per heavy atom. The van der Waals surface area contributed by atoms with Crippen LogP contribution in [-0.4, -0.2) is 13.2 Å². The summed E-state index contributed by atoms with van der Waals surface area (Å²) in [4.78, 5) is 0. The Kier molecular flexibility index (Phi) is 4.23. The van der Waals surface area contributed by atoms with E-state index in [1.165, 1.54) is 26.4 Å². The van der Waals surface area contributed by atoms with Crippen molar-refractivity contribution in [1.82, 2.24) is 0 Å². The second kappa shape index (κ2) is 5.70. The minimum Gasteiger partial charge on any atom is -0.494 e. The maximum Gasteiger partial charge on any atom is 0.168 e. The number of rotatable bonds is 4. The van der Waals surface area contributed by atoms with Gasteiger partial charge in [0.25, 0.3) is 0 Å². The van der Waals surface area contributed by atoms with E-state index in [0.717, 1.165) is 5.92 Å². The van der Waals surface area contributed by atoms with E-state index in [9.17, 15) is 4.39 Å². The molecule has 0 saturated heterocycles. The topological polar surface area (TPSA) is 35.2 Å². The third-order valence-electron chi connectivity index (χ3n) is 4.06.